The van der Waals surface area contributed by atoms with Gasteiger partial charge >= 0.3 is 0 Å². The van der Waals surface area contributed by atoms with Crippen LogP contribution in [0.3, 0.4) is 0 Å². The standard InChI is InChI=1S/C60H48BN3/c1-59-35-14-15-36-60(59,2)64-55-32-18-31-54-57(55)61(53-39-44(38-51(59)58(53)64)41-19-6-3-7-20-41)52-34-33-48(40-56(52)63(54)46-26-10-5-11-27-46)62(45-24-8-4-9-25-45)47-28-16-23-43(37-47)50-30-17-22-42-21-12-13-29-49(42)50/h3-13,16-34,37-40H,14-15,35-36H2,1-2H3. The van der Waals surface area contributed by atoms with E-state index in [0.29, 0.717) is 0 Å². The minimum absolute atomic E-state index is 0.0128. The molecule has 9 aromatic rings. The normalized spacial score (nSPS) is 18.9. The Morgan fingerprint density at radius 2 is 1.14 bits per heavy atom. The Morgan fingerprint density at radius 1 is 0.484 bits per heavy atom. The smallest absolute Gasteiger partial charge is 0.252 e. The SMILES string of the molecule is CC12CCCCC1(C)N1c3cccc4c3B(c3ccc(N(c5ccccc5)c5cccc(-c6cccc7ccccc67)c5)cc3N4c3ccccc3)c3cc(-c4ccccc4)cc2c31. The zero-order valence-electron chi connectivity index (χ0n) is 36.4. The lowest BCUT2D eigenvalue weighted by Crippen LogP contribution is -2.64. The van der Waals surface area contributed by atoms with Crippen LogP contribution in [-0.2, 0) is 5.41 Å². The molecule has 3 heterocycles. The van der Waals surface area contributed by atoms with E-state index in [0.717, 1.165) is 22.7 Å². The van der Waals surface area contributed by atoms with Crippen LogP contribution in [0.25, 0.3) is 33.0 Å². The van der Waals surface area contributed by atoms with Gasteiger partial charge < -0.3 is 14.7 Å². The Balaban J connectivity index is 1.06. The molecular formula is C60H48BN3. The molecule has 64 heavy (non-hydrogen) atoms. The van der Waals surface area contributed by atoms with Gasteiger partial charge in [-0.15, -0.1) is 0 Å². The Hall–Kier alpha value is -7.30. The van der Waals surface area contributed by atoms with Gasteiger partial charge in [-0.1, -0.05) is 159 Å². The molecule has 1 saturated carbocycles. The monoisotopic (exact) mass is 821 g/mol. The molecule has 3 aliphatic heterocycles. The third kappa shape index (κ3) is 5.29. The van der Waals surface area contributed by atoms with Gasteiger partial charge in [0, 0.05) is 50.9 Å². The summed E-state index contributed by atoms with van der Waals surface area (Å²) >= 11 is 0. The number of rotatable bonds is 6. The lowest BCUT2D eigenvalue weighted by atomic mass is 9.33. The first-order valence-electron chi connectivity index (χ1n) is 23.1. The van der Waals surface area contributed by atoms with E-state index in [1.807, 2.05) is 0 Å². The maximum atomic E-state index is 2.82. The highest BCUT2D eigenvalue weighted by Crippen LogP contribution is 2.62. The summed E-state index contributed by atoms with van der Waals surface area (Å²) in [7, 11) is 0. The van der Waals surface area contributed by atoms with E-state index in [2.05, 4.69) is 235 Å². The van der Waals surface area contributed by atoms with Crippen LogP contribution in [0.1, 0.15) is 45.1 Å². The maximum Gasteiger partial charge on any atom is 0.252 e. The second-order valence-electron chi connectivity index (χ2n) is 18.8. The molecular weight excluding hydrogens is 773 g/mol. The second-order valence-corrected chi connectivity index (χ2v) is 18.8. The average molecular weight is 822 g/mol. The predicted molar refractivity (Wildman–Crippen MR) is 272 cm³/mol. The fourth-order valence-electron chi connectivity index (χ4n) is 12.4. The summed E-state index contributed by atoms with van der Waals surface area (Å²) in [5.74, 6) is 0. The van der Waals surface area contributed by atoms with Crippen molar-refractivity contribution in [2.75, 3.05) is 14.7 Å². The van der Waals surface area contributed by atoms with Crippen molar-refractivity contribution >= 4 is 79.4 Å². The van der Waals surface area contributed by atoms with Crippen molar-refractivity contribution in [3.8, 4) is 22.3 Å². The highest BCUT2D eigenvalue weighted by molar-refractivity contribution is 7.00. The number of hydrogen-bond acceptors (Lipinski definition) is 3. The van der Waals surface area contributed by atoms with E-state index in [4.69, 9.17) is 0 Å². The summed E-state index contributed by atoms with van der Waals surface area (Å²) in [4.78, 5) is 7.81. The summed E-state index contributed by atoms with van der Waals surface area (Å²) < 4.78 is 0. The molecule has 0 N–H and O–H groups in total. The topological polar surface area (TPSA) is 9.72 Å². The van der Waals surface area contributed by atoms with Crippen LogP contribution in [0.4, 0.5) is 45.5 Å². The van der Waals surface area contributed by atoms with Crippen LogP contribution in [0.2, 0.25) is 0 Å². The highest BCUT2D eigenvalue weighted by atomic mass is 15.3. The number of nitrogens with zero attached hydrogens (tertiary/aromatic N) is 3. The number of anilines is 8. The van der Waals surface area contributed by atoms with Gasteiger partial charge in [-0.2, -0.15) is 0 Å². The Bertz CT molecular complexity index is 3290. The van der Waals surface area contributed by atoms with Crippen molar-refractivity contribution in [3.63, 3.8) is 0 Å². The van der Waals surface area contributed by atoms with Crippen LogP contribution in [0.15, 0.2) is 206 Å². The van der Waals surface area contributed by atoms with Gasteiger partial charge in [0.25, 0.3) is 6.71 Å². The van der Waals surface area contributed by atoms with E-state index in [1.54, 1.807) is 0 Å². The van der Waals surface area contributed by atoms with Gasteiger partial charge in [-0.05, 0) is 141 Å². The molecule has 306 valence electrons. The molecule has 0 saturated heterocycles. The van der Waals surface area contributed by atoms with Gasteiger partial charge in [-0.25, -0.2) is 0 Å². The Labute approximate surface area is 377 Å². The van der Waals surface area contributed by atoms with E-state index < -0.39 is 0 Å². The molecule has 0 bridgehead atoms. The average Bonchev–Trinajstić information content (AvgIpc) is 3.56. The van der Waals surface area contributed by atoms with E-state index in [9.17, 15) is 0 Å². The van der Waals surface area contributed by atoms with Crippen LogP contribution >= 0.6 is 0 Å². The molecule has 4 heteroatoms. The first-order valence-corrected chi connectivity index (χ1v) is 23.1. The fourth-order valence-corrected chi connectivity index (χ4v) is 12.4. The molecule has 0 aromatic heterocycles. The van der Waals surface area contributed by atoms with Gasteiger partial charge in [0.2, 0.25) is 0 Å². The quantitative estimate of drug-likeness (QED) is 0.155. The molecule has 9 aromatic carbocycles. The minimum atomic E-state index is -0.0454. The second kappa shape index (κ2) is 14.1. The van der Waals surface area contributed by atoms with Crippen molar-refractivity contribution < 1.29 is 0 Å². The summed E-state index contributed by atoms with van der Waals surface area (Å²) in [6, 6.07) is 76.9. The Morgan fingerprint density at radius 3 is 1.98 bits per heavy atom. The van der Waals surface area contributed by atoms with Gasteiger partial charge in [0.1, 0.15) is 0 Å². The summed E-state index contributed by atoms with van der Waals surface area (Å²) in [6.07, 6.45) is 4.88. The lowest BCUT2D eigenvalue weighted by Gasteiger charge is -2.52. The van der Waals surface area contributed by atoms with Gasteiger partial charge in [0.15, 0.2) is 0 Å². The fraction of sp³-hybridized carbons (Fsp3) is 0.133. The zero-order valence-corrected chi connectivity index (χ0v) is 36.4. The molecule has 1 fully saturated rings. The van der Waals surface area contributed by atoms with E-state index >= 15 is 0 Å². The van der Waals surface area contributed by atoms with Gasteiger partial charge in [0.05, 0.1) is 5.54 Å². The molecule has 4 aliphatic rings. The third-order valence-corrected chi connectivity index (χ3v) is 15.5. The highest BCUT2D eigenvalue weighted by Gasteiger charge is 2.61. The zero-order chi connectivity index (χ0) is 42.6. The van der Waals surface area contributed by atoms with Crippen molar-refractivity contribution in [3.05, 3.63) is 212 Å². The minimum Gasteiger partial charge on any atom is -0.335 e. The molecule has 0 spiro atoms. The van der Waals surface area contributed by atoms with Crippen LogP contribution in [0, 0.1) is 0 Å². The number of hydrogen-bond donors (Lipinski definition) is 0. The first-order chi connectivity index (χ1) is 31.5. The predicted octanol–water partition coefficient (Wildman–Crippen LogP) is 14.0. The molecule has 1 aliphatic carbocycles. The van der Waals surface area contributed by atoms with Crippen molar-refractivity contribution in [2.45, 2.75) is 50.5 Å². The summed E-state index contributed by atoms with van der Waals surface area (Å²) in [6.45, 7) is 5.20. The van der Waals surface area contributed by atoms with Crippen molar-refractivity contribution in [1.82, 2.24) is 0 Å². The summed E-state index contributed by atoms with van der Waals surface area (Å²) in [5.41, 5.74) is 20.5. The maximum absolute atomic E-state index is 2.82. The molecule has 2 atom stereocenters. The number of benzene rings is 9. The molecule has 2 unspecified atom stereocenters. The van der Waals surface area contributed by atoms with Crippen LogP contribution < -0.4 is 31.1 Å². The molecule has 0 radical (unpaired) electrons. The molecule has 3 nitrogen and oxygen atoms in total. The third-order valence-electron chi connectivity index (χ3n) is 15.5. The van der Waals surface area contributed by atoms with Crippen LogP contribution in [0.5, 0.6) is 0 Å². The van der Waals surface area contributed by atoms with Crippen molar-refractivity contribution in [1.29, 1.82) is 0 Å². The van der Waals surface area contributed by atoms with Gasteiger partial charge in [-0.3, -0.25) is 0 Å². The lowest BCUT2D eigenvalue weighted by molar-refractivity contribution is 0.195. The summed E-state index contributed by atoms with van der Waals surface area (Å²) in [5, 5.41) is 2.51. The van der Waals surface area contributed by atoms with Crippen molar-refractivity contribution in [2.24, 2.45) is 0 Å². The largest absolute Gasteiger partial charge is 0.335 e. The van der Waals surface area contributed by atoms with E-state index in [1.165, 1.54) is 103 Å². The number of fused-ring (bicyclic) bond motifs is 8. The Kier molecular flexibility index (Phi) is 8.22. The van der Waals surface area contributed by atoms with Crippen LogP contribution in [-0.4, -0.2) is 12.3 Å². The molecule has 13 rings (SSSR count). The molecule has 0 amide bonds. The number of para-hydroxylation sites is 2. The van der Waals surface area contributed by atoms with E-state index in [-0.39, 0.29) is 17.7 Å². The first kappa shape index (κ1) is 37.3.